The van der Waals surface area contributed by atoms with Crippen LogP contribution in [0.5, 0.6) is 0 Å². The summed E-state index contributed by atoms with van der Waals surface area (Å²) in [7, 11) is 0. The van der Waals surface area contributed by atoms with Crippen molar-refractivity contribution < 1.29 is 9.59 Å². The van der Waals surface area contributed by atoms with Crippen molar-refractivity contribution in [3.8, 4) is 0 Å². The molecule has 0 spiro atoms. The first-order valence-electron chi connectivity index (χ1n) is 8.36. The maximum atomic E-state index is 11.7. The summed E-state index contributed by atoms with van der Waals surface area (Å²) in [5, 5.41) is 16.4. The van der Waals surface area contributed by atoms with Gasteiger partial charge in [-0.15, -0.1) is 0 Å². The molecule has 140 valence electrons. The standard InChI is InChI=1S/C18H25N5O2S/c1-5-7-16(22-23(12-24)11-17(25)20-6-2)14(4)26-18(19)15-9-8-13(3)21-10-15/h8-10,12,19H,4-7,11H2,1-3H3,(H,20,25)/b19-18?,22-16+. The fraction of sp³-hybridized carbons (Fsp3) is 0.389. The minimum atomic E-state index is -0.282. The summed E-state index contributed by atoms with van der Waals surface area (Å²) in [4.78, 5) is 27.7. The summed E-state index contributed by atoms with van der Waals surface area (Å²) in [5.41, 5.74) is 2.15. The number of rotatable bonds is 10. The topological polar surface area (TPSA) is 98.5 Å². The Morgan fingerprint density at radius 3 is 2.73 bits per heavy atom. The molecule has 8 heteroatoms. The number of aryl methyl sites for hydroxylation is 1. The first-order chi connectivity index (χ1) is 12.4. The van der Waals surface area contributed by atoms with Crippen molar-refractivity contribution in [1.82, 2.24) is 15.3 Å². The molecule has 1 rings (SSSR count). The Morgan fingerprint density at radius 2 is 2.19 bits per heavy atom. The smallest absolute Gasteiger partial charge is 0.241 e. The summed E-state index contributed by atoms with van der Waals surface area (Å²) >= 11 is 1.16. The number of hydrazone groups is 1. The summed E-state index contributed by atoms with van der Waals surface area (Å²) in [6.07, 6.45) is 3.54. The molecule has 7 nitrogen and oxygen atoms in total. The Bertz CT molecular complexity index is 685. The number of pyridine rings is 1. The van der Waals surface area contributed by atoms with Gasteiger partial charge in [0.15, 0.2) is 0 Å². The first kappa shape index (κ1) is 21.6. The molecule has 0 saturated heterocycles. The van der Waals surface area contributed by atoms with E-state index in [1.165, 1.54) is 0 Å². The van der Waals surface area contributed by atoms with Crippen LogP contribution >= 0.6 is 11.8 Å². The average Bonchev–Trinajstić information content (AvgIpc) is 2.61. The Kier molecular flexibility index (Phi) is 9.29. The second kappa shape index (κ2) is 11.2. The second-order valence-corrected chi connectivity index (χ2v) is 6.60. The third kappa shape index (κ3) is 7.18. The van der Waals surface area contributed by atoms with Crippen LogP contribution in [-0.2, 0) is 9.59 Å². The van der Waals surface area contributed by atoms with Crippen molar-refractivity contribution in [3.05, 3.63) is 41.1 Å². The molecule has 0 unspecified atom stereocenters. The quantitative estimate of drug-likeness (QED) is 0.284. The minimum Gasteiger partial charge on any atom is -0.355 e. The lowest BCUT2D eigenvalue weighted by Crippen LogP contribution is -2.34. The molecule has 26 heavy (non-hydrogen) atoms. The van der Waals surface area contributed by atoms with E-state index in [1.807, 2.05) is 26.0 Å². The van der Waals surface area contributed by atoms with E-state index in [0.29, 0.717) is 40.6 Å². The van der Waals surface area contributed by atoms with E-state index in [0.717, 1.165) is 28.9 Å². The van der Waals surface area contributed by atoms with E-state index < -0.39 is 0 Å². The van der Waals surface area contributed by atoms with Gasteiger partial charge in [0, 0.05) is 28.9 Å². The minimum absolute atomic E-state index is 0.151. The van der Waals surface area contributed by atoms with Crippen LogP contribution in [0.1, 0.15) is 37.9 Å². The van der Waals surface area contributed by atoms with E-state index in [-0.39, 0.29) is 12.5 Å². The van der Waals surface area contributed by atoms with Crippen molar-refractivity contribution >= 4 is 34.8 Å². The first-order valence-corrected chi connectivity index (χ1v) is 9.17. The molecule has 0 radical (unpaired) electrons. The predicted octanol–water partition coefficient (Wildman–Crippen LogP) is 2.71. The average molecular weight is 375 g/mol. The Labute approximate surface area is 158 Å². The van der Waals surface area contributed by atoms with Gasteiger partial charge in [-0.25, -0.2) is 5.01 Å². The third-order valence-electron chi connectivity index (χ3n) is 3.26. The monoisotopic (exact) mass is 375 g/mol. The zero-order chi connectivity index (χ0) is 19.5. The van der Waals surface area contributed by atoms with Gasteiger partial charge < -0.3 is 5.32 Å². The van der Waals surface area contributed by atoms with E-state index >= 15 is 0 Å². The van der Waals surface area contributed by atoms with Crippen LogP contribution in [0.15, 0.2) is 34.9 Å². The molecule has 2 amide bonds. The van der Waals surface area contributed by atoms with E-state index in [9.17, 15) is 9.59 Å². The largest absolute Gasteiger partial charge is 0.355 e. The van der Waals surface area contributed by atoms with Gasteiger partial charge in [-0.3, -0.25) is 20.0 Å². The van der Waals surface area contributed by atoms with Crippen molar-refractivity contribution in [2.24, 2.45) is 5.10 Å². The zero-order valence-corrected chi connectivity index (χ0v) is 16.2. The fourth-order valence-corrected chi connectivity index (χ4v) is 2.72. The van der Waals surface area contributed by atoms with E-state index in [4.69, 9.17) is 5.41 Å². The Hall–Kier alpha value is -2.48. The molecule has 0 aromatic carbocycles. The number of aromatic nitrogens is 1. The van der Waals surface area contributed by atoms with E-state index in [1.54, 1.807) is 13.1 Å². The highest BCUT2D eigenvalue weighted by Gasteiger charge is 2.14. The number of amides is 2. The maximum Gasteiger partial charge on any atom is 0.241 e. The number of likely N-dealkylation sites (N-methyl/N-ethyl adjacent to an activating group) is 1. The van der Waals surface area contributed by atoms with Gasteiger partial charge in [0.1, 0.15) is 11.6 Å². The maximum absolute atomic E-state index is 11.7. The van der Waals surface area contributed by atoms with Gasteiger partial charge in [0.05, 0.1) is 5.71 Å². The molecule has 1 heterocycles. The van der Waals surface area contributed by atoms with Gasteiger partial charge in [0.2, 0.25) is 12.3 Å². The summed E-state index contributed by atoms with van der Waals surface area (Å²) < 4.78 is 0. The van der Waals surface area contributed by atoms with Gasteiger partial charge in [0.25, 0.3) is 0 Å². The molecule has 0 atom stereocenters. The van der Waals surface area contributed by atoms with Gasteiger partial charge in [-0.05, 0) is 32.4 Å². The molecule has 1 aromatic rings. The zero-order valence-electron chi connectivity index (χ0n) is 15.4. The molecule has 0 aliphatic heterocycles. The van der Waals surface area contributed by atoms with Gasteiger partial charge in [-0.2, -0.15) is 5.10 Å². The lowest BCUT2D eigenvalue weighted by atomic mass is 10.2. The number of thioether (sulfide) groups is 1. The van der Waals surface area contributed by atoms with Crippen LogP contribution in [0.3, 0.4) is 0 Å². The number of hydrogen-bond acceptors (Lipinski definition) is 6. The van der Waals surface area contributed by atoms with Crippen molar-refractivity contribution in [2.45, 2.75) is 33.6 Å². The molecule has 0 bridgehead atoms. The molecule has 1 aromatic heterocycles. The molecule has 2 N–H and O–H groups in total. The molecule has 0 aliphatic carbocycles. The molecule has 0 fully saturated rings. The summed E-state index contributed by atoms with van der Waals surface area (Å²) in [6, 6.07) is 3.67. The van der Waals surface area contributed by atoms with Crippen LogP contribution in [0, 0.1) is 12.3 Å². The predicted molar refractivity (Wildman–Crippen MR) is 106 cm³/mol. The SMILES string of the molecule is C=C(SC(=N)c1ccc(C)nc1)/C(CCC)=N/N(C=O)CC(=O)NCC. The van der Waals surface area contributed by atoms with Crippen LogP contribution < -0.4 is 5.32 Å². The van der Waals surface area contributed by atoms with Crippen LogP contribution in [-0.4, -0.2) is 46.2 Å². The Morgan fingerprint density at radius 1 is 1.46 bits per heavy atom. The van der Waals surface area contributed by atoms with Gasteiger partial charge >= 0.3 is 0 Å². The highest BCUT2D eigenvalue weighted by molar-refractivity contribution is 8.18. The highest BCUT2D eigenvalue weighted by atomic mass is 32.2. The number of nitrogens with one attached hydrogen (secondary N) is 2. The lowest BCUT2D eigenvalue weighted by molar-refractivity contribution is -0.127. The normalized spacial score (nSPS) is 11.0. The fourth-order valence-electron chi connectivity index (χ4n) is 1.98. The number of carbonyl (C=O) groups excluding carboxylic acids is 2. The van der Waals surface area contributed by atoms with Crippen molar-refractivity contribution in [2.75, 3.05) is 13.1 Å². The number of nitrogens with zero attached hydrogens (tertiary/aromatic N) is 3. The molecular weight excluding hydrogens is 350 g/mol. The Balaban J connectivity index is 2.87. The van der Waals surface area contributed by atoms with Crippen molar-refractivity contribution in [1.29, 1.82) is 5.41 Å². The number of hydrogen-bond donors (Lipinski definition) is 2. The van der Waals surface area contributed by atoms with Crippen LogP contribution in [0.2, 0.25) is 0 Å². The summed E-state index contributed by atoms with van der Waals surface area (Å²) in [5.74, 6) is -0.282. The highest BCUT2D eigenvalue weighted by Crippen LogP contribution is 2.23. The number of carbonyl (C=O) groups is 2. The number of allylic oxidation sites excluding steroid dienone is 1. The van der Waals surface area contributed by atoms with Crippen molar-refractivity contribution in [3.63, 3.8) is 0 Å². The molecule has 0 saturated carbocycles. The second-order valence-electron chi connectivity index (χ2n) is 5.50. The molecular formula is C18H25N5O2S. The third-order valence-corrected chi connectivity index (χ3v) is 4.18. The lowest BCUT2D eigenvalue weighted by Gasteiger charge is -2.15. The van der Waals surface area contributed by atoms with Gasteiger partial charge in [-0.1, -0.05) is 31.7 Å². The molecule has 0 aliphatic rings. The van der Waals surface area contributed by atoms with Crippen LogP contribution in [0.4, 0.5) is 0 Å². The van der Waals surface area contributed by atoms with Crippen LogP contribution in [0.25, 0.3) is 0 Å². The van der Waals surface area contributed by atoms with E-state index in [2.05, 4.69) is 22.0 Å². The summed E-state index contributed by atoms with van der Waals surface area (Å²) in [6.45, 7) is 10.00.